The SMILES string of the molecule is C[C@H](NC(=O)Nc1ccccc1)C(=O)OCC(=O)c1ccc2c(c1)CCC2. The van der Waals surface area contributed by atoms with Crippen molar-refractivity contribution >= 4 is 23.5 Å². The van der Waals surface area contributed by atoms with Gasteiger partial charge in [0.15, 0.2) is 12.4 Å². The van der Waals surface area contributed by atoms with Crippen molar-refractivity contribution in [3.8, 4) is 0 Å². The van der Waals surface area contributed by atoms with Crippen LogP contribution in [0.5, 0.6) is 0 Å². The van der Waals surface area contributed by atoms with Crippen LogP contribution >= 0.6 is 0 Å². The Hall–Kier alpha value is -3.15. The molecule has 3 rings (SSSR count). The molecule has 0 heterocycles. The van der Waals surface area contributed by atoms with E-state index in [-0.39, 0.29) is 12.4 Å². The fourth-order valence-corrected chi connectivity index (χ4v) is 3.03. The first kappa shape index (κ1) is 18.6. The maximum absolute atomic E-state index is 12.3. The van der Waals surface area contributed by atoms with Crippen molar-refractivity contribution in [3.63, 3.8) is 0 Å². The number of esters is 1. The predicted octanol–water partition coefficient (Wildman–Crippen LogP) is 3.11. The Morgan fingerprint density at radius 3 is 2.56 bits per heavy atom. The number of hydrogen-bond acceptors (Lipinski definition) is 4. The first-order valence-corrected chi connectivity index (χ1v) is 8.97. The van der Waals surface area contributed by atoms with Crippen molar-refractivity contribution in [2.24, 2.45) is 0 Å². The van der Waals surface area contributed by atoms with Crippen LogP contribution in [0.1, 0.15) is 34.8 Å². The van der Waals surface area contributed by atoms with Crippen LogP contribution in [-0.2, 0) is 22.4 Å². The molecule has 6 nitrogen and oxygen atoms in total. The Balaban J connectivity index is 1.46. The Bertz CT molecular complexity index is 849. The normalized spacial score (nSPS) is 13.4. The van der Waals surface area contributed by atoms with Crippen LogP contribution in [0.4, 0.5) is 10.5 Å². The molecule has 0 aromatic heterocycles. The van der Waals surface area contributed by atoms with Crippen LogP contribution in [0.15, 0.2) is 48.5 Å². The maximum Gasteiger partial charge on any atom is 0.328 e. The molecule has 0 saturated carbocycles. The molecule has 1 aliphatic rings. The summed E-state index contributed by atoms with van der Waals surface area (Å²) in [5.74, 6) is -0.910. The Morgan fingerprint density at radius 1 is 1.04 bits per heavy atom. The van der Waals surface area contributed by atoms with E-state index >= 15 is 0 Å². The van der Waals surface area contributed by atoms with Crippen molar-refractivity contribution < 1.29 is 19.1 Å². The van der Waals surface area contributed by atoms with Crippen LogP contribution in [-0.4, -0.2) is 30.4 Å². The molecule has 140 valence electrons. The van der Waals surface area contributed by atoms with Gasteiger partial charge in [0, 0.05) is 11.3 Å². The van der Waals surface area contributed by atoms with Crippen molar-refractivity contribution in [2.45, 2.75) is 32.2 Å². The molecule has 0 radical (unpaired) electrons. The Morgan fingerprint density at radius 2 is 1.78 bits per heavy atom. The standard InChI is InChI=1S/C21H22N2O4/c1-14(22-21(26)23-18-8-3-2-4-9-18)20(25)27-13-19(24)17-11-10-15-6-5-7-16(15)12-17/h2-4,8-12,14H,5-7,13H2,1H3,(H2,22,23,26)/t14-/m0/s1. The summed E-state index contributed by atoms with van der Waals surface area (Å²) in [5, 5.41) is 5.11. The minimum Gasteiger partial charge on any atom is -0.456 e. The fraction of sp³-hybridized carbons (Fsp3) is 0.286. The summed E-state index contributed by atoms with van der Waals surface area (Å²) in [6.07, 6.45) is 3.14. The lowest BCUT2D eigenvalue weighted by Crippen LogP contribution is -2.42. The van der Waals surface area contributed by atoms with Gasteiger partial charge in [0.25, 0.3) is 0 Å². The third-order valence-corrected chi connectivity index (χ3v) is 4.50. The van der Waals surface area contributed by atoms with E-state index in [1.807, 2.05) is 18.2 Å². The van der Waals surface area contributed by atoms with Gasteiger partial charge in [0.1, 0.15) is 6.04 Å². The van der Waals surface area contributed by atoms with Crippen molar-refractivity contribution in [1.82, 2.24) is 5.32 Å². The summed E-state index contributed by atoms with van der Waals surface area (Å²) in [6.45, 7) is 1.16. The minimum absolute atomic E-state index is 0.251. The number of ketones is 1. The maximum atomic E-state index is 12.3. The van der Waals surface area contributed by atoms with Crippen molar-refractivity contribution in [1.29, 1.82) is 0 Å². The molecule has 1 aliphatic carbocycles. The van der Waals surface area contributed by atoms with Crippen molar-refractivity contribution in [2.75, 3.05) is 11.9 Å². The third-order valence-electron chi connectivity index (χ3n) is 4.50. The van der Waals surface area contributed by atoms with Gasteiger partial charge in [-0.15, -0.1) is 0 Å². The molecule has 2 aromatic carbocycles. The summed E-state index contributed by atoms with van der Waals surface area (Å²) in [5.41, 5.74) is 3.64. The molecular formula is C21H22N2O4. The average molecular weight is 366 g/mol. The number of fused-ring (bicyclic) bond motifs is 1. The van der Waals surface area contributed by atoms with Crippen LogP contribution in [0.25, 0.3) is 0 Å². The number of para-hydroxylation sites is 1. The largest absolute Gasteiger partial charge is 0.456 e. The molecule has 2 aromatic rings. The van der Waals surface area contributed by atoms with E-state index in [4.69, 9.17) is 4.74 Å². The zero-order valence-corrected chi connectivity index (χ0v) is 15.2. The van der Waals surface area contributed by atoms with E-state index in [9.17, 15) is 14.4 Å². The average Bonchev–Trinajstić information content (AvgIpc) is 3.14. The predicted molar refractivity (Wildman–Crippen MR) is 102 cm³/mol. The lowest BCUT2D eigenvalue weighted by atomic mass is 10.0. The molecule has 1 atom stereocenters. The number of nitrogens with one attached hydrogen (secondary N) is 2. The molecule has 0 aliphatic heterocycles. The first-order valence-electron chi connectivity index (χ1n) is 8.97. The number of carbonyl (C=O) groups excluding carboxylic acids is 3. The lowest BCUT2D eigenvalue weighted by Gasteiger charge is -2.14. The van der Waals surface area contributed by atoms with Crippen LogP contribution in [0.2, 0.25) is 0 Å². The minimum atomic E-state index is -0.874. The molecule has 2 amide bonds. The molecule has 0 spiro atoms. The summed E-state index contributed by atoms with van der Waals surface area (Å²) in [4.78, 5) is 36.2. The zero-order chi connectivity index (χ0) is 19.2. The van der Waals surface area contributed by atoms with Gasteiger partial charge >= 0.3 is 12.0 Å². The van der Waals surface area contributed by atoms with Gasteiger partial charge in [0.2, 0.25) is 0 Å². The van der Waals surface area contributed by atoms with E-state index < -0.39 is 18.0 Å². The Labute approximate surface area is 157 Å². The van der Waals surface area contributed by atoms with E-state index in [0.717, 1.165) is 19.3 Å². The highest BCUT2D eigenvalue weighted by Crippen LogP contribution is 2.23. The summed E-state index contributed by atoms with van der Waals surface area (Å²) in [6, 6.07) is 13.1. The molecular weight excluding hydrogens is 344 g/mol. The van der Waals surface area contributed by atoms with Gasteiger partial charge in [-0.1, -0.05) is 30.3 Å². The number of aryl methyl sites for hydroxylation is 2. The molecule has 0 unspecified atom stereocenters. The molecule has 2 N–H and O–H groups in total. The molecule has 0 fully saturated rings. The summed E-state index contributed by atoms with van der Waals surface area (Å²) < 4.78 is 5.06. The number of rotatable bonds is 6. The Kier molecular flexibility index (Phi) is 5.86. The van der Waals surface area contributed by atoms with E-state index in [2.05, 4.69) is 10.6 Å². The zero-order valence-electron chi connectivity index (χ0n) is 15.2. The van der Waals surface area contributed by atoms with Gasteiger partial charge in [-0.25, -0.2) is 9.59 Å². The van der Waals surface area contributed by atoms with Gasteiger partial charge < -0.3 is 15.4 Å². The van der Waals surface area contributed by atoms with Crippen LogP contribution in [0.3, 0.4) is 0 Å². The highest BCUT2D eigenvalue weighted by Gasteiger charge is 2.19. The number of amides is 2. The number of benzene rings is 2. The van der Waals surface area contributed by atoms with E-state index in [1.165, 1.54) is 18.1 Å². The molecule has 0 bridgehead atoms. The second-order valence-electron chi connectivity index (χ2n) is 6.55. The van der Waals surface area contributed by atoms with Crippen LogP contribution in [0, 0.1) is 0 Å². The third kappa shape index (κ3) is 4.94. The smallest absolute Gasteiger partial charge is 0.328 e. The quantitative estimate of drug-likeness (QED) is 0.608. The van der Waals surface area contributed by atoms with Gasteiger partial charge in [-0.05, 0) is 55.5 Å². The fourth-order valence-electron chi connectivity index (χ4n) is 3.03. The lowest BCUT2D eigenvalue weighted by molar-refractivity contribution is -0.144. The van der Waals surface area contributed by atoms with Gasteiger partial charge in [-0.2, -0.15) is 0 Å². The van der Waals surface area contributed by atoms with E-state index in [0.29, 0.717) is 11.3 Å². The second kappa shape index (κ2) is 8.49. The number of hydrogen-bond donors (Lipinski definition) is 2. The molecule has 0 saturated heterocycles. The highest BCUT2D eigenvalue weighted by atomic mass is 16.5. The number of Topliss-reactive ketones (excluding diaryl/α,β-unsaturated/α-hetero) is 1. The number of carbonyl (C=O) groups is 3. The summed E-state index contributed by atoms with van der Waals surface area (Å²) >= 11 is 0. The second-order valence-corrected chi connectivity index (χ2v) is 6.55. The highest BCUT2D eigenvalue weighted by molar-refractivity contribution is 5.98. The van der Waals surface area contributed by atoms with Gasteiger partial charge in [0.05, 0.1) is 0 Å². The first-order chi connectivity index (χ1) is 13.0. The van der Waals surface area contributed by atoms with Crippen LogP contribution < -0.4 is 10.6 Å². The number of ether oxygens (including phenoxy) is 1. The number of anilines is 1. The van der Waals surface area contributed by atoms with Crippen molar-refractivity contribution in [3.05, 3.63) is 65.2 Å². The molecule has 6 heteroatoms. The van der Waals surface area contributed by atoms with Gasteiger partial charge in [-0.3, -0.25) is 4.79 Å². The molecule has 27 heavy (non-hydrogen) atoms. The number of urea groups is 1. The summed E-state index contributed by atoms with van der Waals surface area (Å²) in [7, 11) is 0. The topological polar surface area (TPSA) is 84.5 Å². The van der Waals surface area contributed by atoms with E-state index in [1.54, 1.807) is 30.3 Å². The monoisotopic (exact) mass is 366 g/mol.